The second kappa shape index (κ2) is 6.56. The zero-order chi connectivity index (χ0) is 12.8. The highest BCUT2D eigenvalue weighted by Crippen LogP contribution is 2.20. The van der Waals surface area contributed by atoms with Gasteiger partial charge in [-0.1, -0.05) is 0 Å². The summed E-state index contributed by atoms with van der Waals surface area (Å²) >= 11 is 1.64. The first-order valence-electron chi connectivity index (χ1n) is 5.40. The molecule has 1 aromatic rings. The number of nitrogens with zero attached hydrogens (tertiary/aromatic N) is 2. The molecule has 1 atom stereocenters. The normalized spacial score (nSPS) is 12.7. The zero-order valence-corrected chi connectivity index (χ0v) is 11.3. The van der Waals surface area contributed by atoms with Gasteiger partial charge >= 0.3 is 0 Å². The second-order valence-corrected chi connectivity index (χ2v) is 5.37. The van der Waals surface area contributed by atoms with Gasteiger partial charge in [-0.2, -0.15) is 0 Å². The standard InChI is InChI=1S/C11H20N4OS/c1-8(14-11(12)13)17-7-10-5-4-9(16-10)6-15(2)3/h4-5,8H,6-7H2,1-3H3,(H4,12,13,14). The fraction of sp³-hybridized carbons (Fsp3) is 0.545. The highest BCUT2D eigenvalue weighted by molar-refractivity contribution is 7.99. The molecule has 17 heavy (non-hydrogen) atoms. The molecule has 0 amide bonds. The average molecular weight is 256 g/mol. The van der Waals surface area contributed by atoms with E-state index in [4.69, 9.17) is 15.9 Å². The molecule has 0 aliphatic carbocycles. The lowest BCUT2D eigenvalue weighted by Crippen LogP contribution is -2.24. The van der Waals surface area contributed by atoms with E-state index in [1.54, 1.807) is 11.8 Å². The Morgan fingerprint density at radius 2 is 2.06 bits per heavy atom. The minimum Gasteiger partial charge on any atom is -0.464 e. The van der Waals surface area contributed by atoms with Gasteiger partial charge in [-0.25, -0.2) is 4.99 Å². The van der Waals surface area contributed by atoms with Crippen LogP contribution in [0, 0.1) is 0 Å². The molecule has 0 aliphatic heterocycles. The van der Waals surface area contributed by atoms with Gasteiger partial charge in [0.2, 0.25) is 0 Å². The molecular weight excluding hydrogens is 236 g/mol. The average Bonchev–Trinajstić information content (AvgIpc) is 2.60. The van der Waals surface area contributed by atoms with Crippen molar-refractivity contribution in [3.8, 4) is 0 Å². The molecule has 0 aliphatic rings. The summed E-state index contributed by atoms with van der Waals surface area (Å²) in [4.78, 5) is 6.10. The number of furan rings is 1. The maximum Gasteiger partial charge on any atom is 0.187 e. The van der Waals surface area contributed by atoms with Crippen LogP contribution < -0.4 is 11.5 Å². The Balaban J connectivity index is 2.42. The maximum absolute atomic E-state index is 5.68. The van der Waals surface area contributed by atoms with Crippen LogP contribution >= 0.6 is 11.8 Å². The number of aliphatic imine (C=N–C) groups is 1. The first-order chi connectivity index (χ1) is 7.97. The van der Waals surface area contributed by atoms with Gasteiger partial charge in [0.1, 0.15) is 11.5 Å². The molecule has 1 unspecified atom stereocenters. The fourth-order valence-corrected chi connectivity index (χ4v) is 2.10. The number of rotatable bonds is 6. The van der Waals surface area contributed by atoms with E-state index in [-0.39, 0.29) is 11.3 Å². The molecule has 5 nitrogen and oxygen atoms in total. The van der Waals surface area contributed by atoms with Gasteiger partial charge in [-0.15, -0.1) is 11.8 Å². The molecule has 96 valence electrons. The molecule has 0 aromatic carbocycles. The predicted molar refractivity (Wildman–Crippen MR) is 72.7 cm³/mol. The van der Waals surface area contributed by atoms with Crippen molar-refractivity contribution in [3.05, 3.63) is 23.7 Å². The van der Waals surface area contributed by atoms with Crippen molar-refractivity contribution in [3.63, 3.8) is 0 Å². The van der Waals surface area contributed by atoms with E-state index in [2.05, 4.69) is 9.89 Å². The summed E-state index contributed by atoms with van der Waals surface area (Å²) in [7, 11) is 4.02. The van der Waals surface area contributed by atoms with Crippen molar-refractivity contribution in [1.82, 2.24) is 4.90 Å². The van der Waals surface area contributed by atoms with Crippen LogP contribution in [-0.4, -0.2) is 30.3 Å². The van der Waals surface area contributed by atoms with Crippen molar-refractivity contribution >= 4 is 17.7 Å². The van der Waals surface area contributed by atoms with Crippen LogP contribution in [0.4, 0.5) is 0 Å². The molecule has 1 rings (SSSR count). The number of guanidine groups is 1. The van der Waals surface area contributed by atoms with E-state index in [1.807, 2.05) is 33.2 Å². The second-order valence-electron chi connectivity index (χ2n) is 4.07. The molecule has 4 N–H and O–H groups in total. The first-order valence-corrected chi connectivity index (χ1v) is 6.45. The predicted octanol–water partition coefficient (Wildman–Crippen LogP) is 1.19. The SMILES string of the molecule is CC(N=C(N)N)SCc1ccc(CN(C)C)o1. The summed E-state index contributed by atoms with van der Waals surface area (Å²) in [5.41, 5.74) is 10.6. The Hall–Kier alpha value is -1.14. The van der Waals surface area contributed by atoms with Crippen LogP contribution in [0.25, 0.3) is 0 Å². The summed E-state index contributed by atoms with van der Waals surface area (Å²) in [6.45, 7) is 2.77. The van der Waals surface area contributed by atoms with Crippen molar-refractivity contribution in [2.45, 2.75) is 24.6 Å². The monoisotopic (exact) mass is 256 g/mol. The number of hydrogen-bond acceptors (Lipinski definition) is 4. The topological polar surface area (TPSA) is 80.8 Å². The first kappa shape index (κ1) is 13.9. The highest BCUT2D eigenvalue weighted by atomic mass is 32.2. The van der Waals surface area contributed by atoms with Crippen LogP contribution in [0.15, 0.2) is 21.5 Å². The minimum absolute atomic E-state index is 0.0439. The van der Waals surface area contributed by atoms with Crippen LogP contribution in [0.1, 0.15) is 18.4 Å². The van der Waals surface area contributed by atoms with Crippen molar-refractivity contribution in [2.75, 3.05) is 14.1 Å². The minimum atomic E-state index is 0.0439. The van der Waals surface area contributed by atoms with E-state index in [0.717, 1.165) is 23.8 Å². The third-order valence-electron chi connectivity index (χ3n) is 1.99. The van der Waals surface area contributed by atoms with Crippen LogP contribution in [0.2, 0.25) is 0 Å². The Morgan fingerprint density at radius 1 is 1.41 bits per heavy atom. The van der Waals surface area contributed by atoms with Gasteiger partial charge in [0, 0.05) is 0 Å². The van der Waals surface area contributed by atoms with Crippen LogP contribution in [0.5, 0.6) is 0 Å². The third-order valence-corrected chi connectivity index (χ3v) is 3.03. The molecule has 1 aromatic heterocycles. The number of thioether (sulfide) groups is 1. The Morgan fingerprint density at radius 3 is 2.65 bits per heavy atom. The van der Waals surface area contributed by atoms with E-state index in [0.29, 0.717) is 0 Å². The van der Waals surface area contributed by atoms with E-state index in [1.165, 1.54) is 0 Å². The molecule has 0 saturated carbocycles. The summed E-state index contributed by atoms with van der Waals surface area (Å²) < 4.78 is 5.68. The number of nitrogens with two attached hydrogens (primary N) is 2. The molecule has 6 heteroatoms. The molecule has 0 radical (unpaired) electrons. The van der Waals surface area contributed by atoms with Crippen molar-refractivity contribution in [1.29, 1.82) is 0 Å². The molecule has 0 spiro atoms. The lowest BCUT2D eigenvalue weighted by molar-refractivity contribution is 0.344. The molecular formula is C11H20N4OS. The smallest absolute Gasteiger partial charge is 0.187 e. The van der Waals surface area contributed by atoms with Gasteiger partial charge in [-0.3, -0.25) is 0 Å². The van der Waals surface area contributed by atoms with Gasteiger partial charge in [0.15, 0.2) is 5.96 Å². The van der Waals surface area contributed by atoms with Gasteiger partial charge in [0.05, 0.1) is 17.7 Å². The van der Waals surface area contributed by atoms with E-state index < -0.39 is 0 Å². The van der Waals surface area contributed by atoms with Gasteiger partial charge < -0.3 is 20.8 Å². The lowest BCUT2D eigenvalue weighted by Gasteiger charge is -2.06. The Bertz CT molecular complexity index is 371. The molecule has 0 saturated heterocycles. The summed E-state index contributed by atoms with van der Waals surface area (Å²) in [5.74, 6) is 2.81. The zero-order valence-electron chi connectivity index (χ0n) is 10.5. The Labute approximate surface area is 106 Å². The van der Waals surface area contributed by atoms with Crippen molar-refractivity contribution in [2.24, 2.45) is 16.5 Å². The third kappa shape index (κ3) is 5.65. The summed E-state index contributed by atoms with van der Waals surface area (Å²) in [5, 5.41) is 0.0439. The fourth-order valence-electron chi connectivity index (χ4n) is 1.35. The lowest BCUT2D eigenvalue weighted by atomic mass is 10.4. The summed E-state index contributed by atoms with van der Waals surface area (Å²) in [6.07, 6.45) is 0. The van der Waals surface area contributed by atoms with Crippen molar-refractivity contribution < 1.29 is 4.42 Å². The quantitative estimate of drug-likeness (QED) is 0.590. The highest BCUT2D eigenvalue weighted by Gasteiger charge is 2.06. The van der Waals surface area contributed by atoms with Crippen LogP contribution in [0.3, 0.4) is 0 Å². The van der Waals surface area contributed by atoms with Crippen LogP contribution in [-0.2, 0) is 12.3 Å². The molecule has 0 fully saturated rings. The molecule has 1 heterocycles. The summed E-state index contributed by atoms with van der Waals surface area (Å²) in [6, 6.07) is 4.00. The van der Waals surface area contributed by atoms with Gasteiger partial charge in [0.25, 0.3) is 0 Å². The number of hydrogen-bond donors (Lipinski definition) is 2. The van der Waals surface area contributed by atoms with Gasteiger partial charge in [-0.05, 0) is 33.2 Å². The van der Waals surface area contributed by atoms with E-state index in [9.17, 15) is 0 Å². The molecule has 0 bridgehead atoms. The largest absolute Gasteiger partial charge is 0.464 e. The Kier molecular flexibility index (Phi) is 5.37. The maximum atomic E-state index is 5.68. The van der Waals surface area contributed by atoms with E-state index >= 15 is 0 Å².